The molecular weight excluding hydrogens is 212 g/mol. The maximum atomic E-state index is 11.7. The molecule has 0 saturated heterocycles. The molecule has 0 bridgehead atoms. The van der Waals surface area contributed by atoms with Crippen LogP contribution in [0.5, 0.6) is 0 Å². The van der Waals surface area contributed by atoms with E-state index in [1.165, 1.54) is 0 Å². The fourth-order valence-electron chi connectivity index (χ4n) is 1.08. The van der Waals surface area contributed by atoms with Gasteiger partial charge in [-0.2, -0.15) is 0 Å². The third-order valence-electron chi connectivity index (χ3n) is 2.35. The Balaban J connectivity index is 2.66. The zero-order valence-corrected chi connectivity index (χ0v) is 9.93. The first-order valence-corrected chi connectivity index (χ1v) is 5.25. The number of anilines is 1. The van der Waals surface area contributed by atoms with Gasteiger partial charge in [-0.1, -0.05) is 17.7 Å². The Morgan fingerprint density at radius 1 is 1.47 bits per heavy atom. The lowest BCUT2D eigenvalue weighted by Crippen LogP contribution is -3.11. The van der Waals surface area contributed by atoms with Gasteiger partial charge >= 0.3 is 0 Å². The number of halogens is 1. The highest BCUT2D eigenvalue weighted by atomic mass is 35.5. The summed E-state index contributed by atoms with van der Waals surface area (Å²) in [7, 11) is 3.89. The van der Waals surface area contributed by atoms with E-state index in [0.717, 1.165) is 10.6 Å². The molecule has 2 N–H and O–H groups in total. The molecule has 1 rings (SSSR count). The molecule has 0 aliphatic heterocycles. The summed E-state index contributed by atoms with van der Waals surface area (Å²) in [5, 5.41) is 3.44. The number of rotatable bonds is 3. The number of hydrogen-bond donors (Lipinski definition) is 2. The predicted octanol–water partition coefficient (Wildman–Crippen LogP) is 0.811. The minimum absolute atomic E-state index is 0.00253. The van der Waals surface area contributed by atoms with E-state index < -0.39 is 0 Å². The van der Waals surface area contributed by atoms with Gasteiger partial charge in [-0.25, -0.2) is 0 Å². The standard InChI is InChI=1S/C11H15ClN2O/c1-8(14(2)3)11(15)13-10-6-4-5-9(12)7-10/h4-8H,1-3H3,(H,13,15)/p+1/t8-/m1/s1. The summed E-state index contributed by atoms with van der Waals surface area (Å²) in [6, 6.07) is 7.06. The number of hydrogen-bond acceptors (Lipinski definition) is 1. The van der Waals surface area contributed by atoms with Crippen molar-refractivity contribution in [1.29, 1.82) is 0 Å². The lowest BCUT2D eigenvalue weighted by molar-refractivity contribution is -0.873. The van der Waals surface area contributed by atoms with Crippen molar-refractivity contribution in [3.8, 4) is 0 Å². The lowest BCUT2D eigenvalue weighted by Gasteiger charge is -2.16. The van der Waals surface area contributed by atoms with Crippen LogP contribution in [0, 0.1) is 0 Å². The van der Waals surface area contributed by atoms with Crippen molar-refractivity contribution in [2.45, 2.75) is 13.0 Å². The van der Waals surface area contributed by atoms with Crippen molar-refractivity contribution in [3.05, 3.63) is 29.3 Å². The molecule has 0 fully saturated rings. The van der Waals surface area contributed by atoms with Crippen LogP contribution < -0.4 is 10.2 Å². The topological polar surface area (TPSA) is 33.5 Å². The first-order valence-electron chi connectivity index (χ1n) is 4.87. The number of likely N-dealkylation sites (N-methyl/N-ethyl adjacent to an activating group) is 1. The van der Waals surface area contributed by atoms with Crippen LogP contribution in [-0.2, 0) is 4.79 Å². The molecule has 82 valence electrons. The first-order chi connectivity index (χ1) is 7.00. The fourth-order valence-corrected chi connectivity index (χ4v) is 1.27. The molecule has 4 heteroatoms. The van der Waals surface area contributed by atoms with E-state index in [2.05, 4.69) is 5.32 Å². The van der Waals surface area contributed by atoms with Crippen LogP contribution in [0.4, 0.5) is 5.69 Å². The second kappa shape index (κ2) is 5.14. The van der Waals surface area contributed by atoms with Gasteiger partial charge in [0.15, 0.2) is 6.04 Å². The average Bonchev–Trinajstić information content (AvgIpc) is 2.16. The minimum Gasteiger partial charge on any atom is -0.330 e. The van der Waals surface area contributed by atoms with Crippen LogP contribution >= 0.6 is 11.6 Å². The molecule has 0 spiro atoms. The monoisotopic (exact) mass is 227 g/mol. The Morgan fingerprint density at radius 2 is 2.13 bits per heavy atom. The van der Waals surface area contributed by atoms with Crippen molar-refractivity contribution in [2.24, 2.45) is 0 Å². The average molecular weight is 228 g/mol. The summed E-state index contributed by atoms with van der Waals surface area (Å²) < 4.78 is 0. The zero-order chi connectivity index (χ0) is 11.4. The van der Waals surface area contributed by atoms with Crippen molar-refractivity contribution < 1.29 is 9.69 Å². The quantitative estimate of drug-likeness (QED) is 0.788. The Morgan fingerprint density at radius 3 is 2.67 bits per heavy atom. The smallest absolute Gasteiger partial charge is 0.282 e. The van der Waals surface area contributed by atoms with E-state index in [9.17, 15) is 4.79 Å². The van der Waals surface area contributed by atoms with Gasteiger partial charge in [0.2, 0.25) is 0 Å². The van der Waals surface area contributed by atoms with Crippen LogP contribution in [0.15, 0.2) is 24.3 Å². The van der Waals surface area contributed by atoms with Crippen molar-refractivity contribution >= 4 is 23.2 Å². The van der Waals surface area contributed by atoms with Crippen LogP contribution in [0.2, 0.25) is 5.02 Å². The van der Waals surface area contributed by atoms with Gasteiger partial charge in [0.25, 0.3) is 5.91 Å². The van der Waals surface area contributed by atoms with E-state index in [1.54, 1.807) is 12.1 Å². The molecule has 0 heterocycles. The summed E-state index contributed by atoms with van der Waals surface area (Å²) in [6.07, 6.45) is 0. The molecule has 1 atom stereocenters. The molecule has 0 saturated carbocycles. The Hall–Kier alpha value is -1.06. The summed E-state index contributed by atoms with van der Waals surface area (Å²) in [5.41, 5.74) is 0.737. The molecule has 0 radical (unpaired) electrons. The SMILES string of the molecule is C[C@H](C(=O)Nc1cccc(Cl)c1)[NH+](C)C. The van der Waals surface area contributed by atoms with E-state index >= 15 is 0 Å². The van der Waals surface area contributed by atoms with Gasteiger partial charge < -0.3 is 10.2 Å². The third kappa shape index (κ3) is 3.53. The number of nitrogens with one attached hydrogen (secondary N) is 2. The fraction of sp³-hybridized carbons (Fsp3) is 0.364. The van der Waals surface area contributed by atoms with Crippen LogP contribution in [-0.4, -0.2) is 26.0 Å². The van der Waals surface area contributed by atoms with Gasteiger partial charge in [-0.05, 0) is 25.1 Å². The third-order valence-corrected chi connectivity index (χ3v) is 2.59. The van der Waals surface area contributed by atoms with E-state index in [-0.39, 0.29) is 11.9 Å². The largest absolute Gasteiger partial charge is 0.330 e. The molecule has 15 heavy (non-hydrogen) atoms. The van der Waals surface area contributed by atoms with Gasteiger partial charge in [-0.3, -0.25) is 4.79 Å². The maximum Gasteiger partial charge on any atom is 0.282 e. The lowest BCUT2D eigenvalue weighted by atomic mass is 10.2. The second-order valence-corrected chi connectivity index (χ2v) is 4.24. The second-order valence-electron chi connectivity index (χ2n) is 3.80. The summed E-state index contributed by atoms with van der Waals surface area (Å²) in [6.45, 7) is 1.88. The highest BCUT2D eigenvalue weighted by Gasteiger charge is 2.18. The molecule has 3 nitrogen and oxygen atoms in total. The zero-order valence-electron chi connectivity index (χ0n) is 9.17. The van der Waals surface area contributed by atoms with E-state index in [1.807, 2.05) is 33.2 Å². The molecular formula is C11H16ClN2O+. The van der Waals surface area contributed by atoms with Crippen molar-refractivity contribution in [1.82, 2.24) is 0 Å². The first kappa shape index (κ1) is 12.0. The summed E-state index contributed by atoms with van der Waals surface area (Å²) >= 11 is 5.81. The van der Waals surface area contributed by atoms with Crippen molar-refractivity contribution in [2.75, 3.05) is 19.4 Å². The number of carbonyl (C=O) groups is 1. The molecule has 1 amide bonds. The van der Waals surface area contributed by atoms with E-state index in [4.69, 9.17) is 11.6 Å². The Labute approximate surface area is 95.0 Å². The highest BCUT2D eigenvalue weighted by Crippen LogP contribution is 2.14. The highest BCUT2D eigenvalue weighted by molar-refractivity contribution is 6.30. The Bertz CT molecular complexity index is 352. The van der Waals surface area contributed by atoms with Gasteiger partial charge in [0.1, 0.15) is 0 Å². The van der Waals surface area contributed by atoms with Gasteiger partial charge in [0.05, 0.1) is 14.1 Å². The van der Waals surface area contributed by atoms with Crippen molar-refractivity contribution in [3.63, 3.8) is 0 Å². The summed E-state index contributed by atoms with van der Waals surface area (Å²) in [5.74, 6) is -0.00253. The number of carbonyl (C=O) groups excluding carboxylic acids is 1. The molecule has 0 aliphatic carbocycles. The predicted molar refractivity (Wildman–Crippen MR) is 62.4 cm³/mol. The molecule has 0 aliphatic rings. The Kier molecular flexibility index (Phi) is 4.12. The van der Waals surface area contributed by atoms with Gasteiger partial charge in [0, 0.05) is 10.7 Å². The number of amides is 1. The van der Waals surface area contributed by atoms with Crippen LogP contribution in [0.25, 0.3) is 0 Å². The van der Waals surface area contributed by atoms with E-state index in [0.29, 0.717) is 5.02 Å². The normalized spacial score (nSPS) is 12.6. The number of quaternary nitrogens is 1. The minimum atomic E-state index is -0.0796. The van der Waals surface area contributed by atoms with Crippen LogP contribution in [0.1, 0.15) is 6.92 Å². The maximum absolute atomic E-state index is 11.7. The van der Waals surface area contributed by atoms with Gasteiger partial charge in [-0.15, -0.1) is 0 Å². The molecule has 0 unspecified atom stereocenters. The molecule has 1 aromatic rings. The molecule has 1 aromatic carbocycles. The summed E-state index contributed by atoms with van der Waals surface area (Å²) in [4.78, 5) is 12.8. The number of benzene rings is 1. The molecule has 0 aromatic heterocycles. The van der Waals surface area contributed by atoms with Crippen LogP contribution in [0.3, 0.4) is 0 Å².